The third-order valence-corrected chi connectivity index (χ3v) is 3.81. The number of hydrogen-bond acceptors (Lipinski definition) is 4. The summed E-state index contributed by atoms with van der Waals surface area (Å²) in [5.41, 5.74) is 1.25. The summed E-state index contributed by atoms with van der Waals surface area (Å²) < 4.78 is 1.02. The third kappa shape index (κ3) is 2.87. The van der Waals surface area contributed by atoms with Gasteiger partial charge in [0.05, 0.1) is 0 Å². The number of piperazine rings is 1. The molecule has 2 aromatic rings. The predicted molar refractivity (Wildman–Crippen MR) is 80.6 cm³/mol. The van der Waals surface area contributed by atoms with E-state index in [-0.39, 0.29) is 0 Å². The largest absolute Gasteiger partial charge is 0.368 e. The molecule has 0 atom stereocenters. The van der Waals surface area contributed by atoms with Crippen LogP contribution in [0.25, 0.3) is 0 Å². The fourth-order valence-corrected chi connectivity index (χ4v) is 2.54. The van der Waals surface area contributed by atoms with E-state index in [1.54, 1.807) is 0 Å². The molecule has 0 unspecified atom stereocenters. The van der Waals surface area contributed by atoms with Crippen LogP contribution in [0.3, 0.4) is 0 Å². The highest BCUT2D eigenvalue weighted by Gasteiger charge is 2.17. The molecule has 2 aromatic heterocycles. The maximum atomic E-state index is 4.45. The molecule has 0 aliphatic carbocycles. The lowest BCUT2D eigenvalue weighted by Gasteiger charge is -2.36. The molecule has 4 nitrogen and oxygen atoms in total. The molecule has 1 saturated heterocycles. The maximum absolute atomic E-state index is 4.45. The lowest BCUT2D eigenvalue weighted by Crippen LogP contribution is -2.46. The van der Waals surface area contributed by atoms with E-state index in [2.05, 4.69) is 53.9 Å². The van der Waals surface area contributed by atoms with Crippen LogP contribution in [0.5, 0.6) is 0 Å². The van der Waals surface area contributed by atoms with E-state index in [0.29, 0.717) is 0 Å². The second kappa shape index (κ2) is 5.57. The van der Waals surface area contributed by atoms with Crippen LogP contribution in [0.2, 0.25) is 0 Å². The standard InChI is InChI=1S/C14H15BrN4/c15-12-1-2-14(17-11-12)19-9-7-18(8-10-19)13-3-5-16-6-4-13/h1-6,11H,7-10H2. The summed E-state index contributed by atoms with van der Waals surface area (Å²) in [6.45, 7) is 4.03. The smallest absolute Gasteiger partial charge is 0.128 e. The van der Waals surface area contributed by atoms with Gasteiger partial charge in [0, 0.05) is 54.9 Å². The van der Waals surface area contributed by atoms with Gasteiger partial charge < -0.3 is 9.80 Å². The van der Waals surface area contributed by atoms with Crippen LogP contribution in [0.4, 0.5) is 11.5 Å². The number of hydrogen-bond donors (Lipinski definition) is 0. The molecule has 0 saturated carbocycles. The van der Waals surface area contributed by atoms with Crippen molar-refractivity contribution in [2.75, 3.05) is 36.0 Å². The van der Waals surface area contributed by atoms with Gasteiger partial charge in [-0.3, -0.25) is 4.98 Å². The van der Waals surface area contributed by atoms with Crippen LogP contribution >= 0.6 is 15.9 Å². The molecule has 0 aromatic carbocycles. The van der Waals surface area contributed by atoms with Gasteiger partial charge in [-0.1, -0.05) is 0 Å². The van der Waals surface area contributed by atoms with Crippen molar-refractivity contribution < 1.29 is 0 Å². The second-order valence-electron chi connectivity index (χ2n) is 4.51. The summed E-state index contributed by atoms with van der Waals surface area (Å²) in [7, 11) is 0. The van der Waals surface area contributed by atoms with Gasteiger partial charge in [0.1, 0.15) is 5.82 Å². The van der Waals surface area contributed by atoms with Gasteiger partial charge >= 0.3 is 0 Å². The van der Waals surface area contributed by atoms with Crippen molar-refractivity contribution in [2.24, 2.45) is 0 Å². The highest BCUT2D eigenvalue weighted by Crippen LogP contribution is 2.19. The van der Waals surface area contributed by atoms with Gasteiger partial charge in [-0.25, -0.2) is 4.98 Å². The molecule has 19 heavy (non-hydrogen) atoms. The highest BCUT2D eigenvalue weighted by atomic mass is 79.9. The Morgan fingerprint density at radius 2 is 1.58 bits per heavy atom. The Morgan fingerprint density at radius 3 is 2.21 bits per heavy atom. The number of nitrogens with zero attached hydrogens (tertiary/aromatic N) is 4. The summed E-state index contributed by atoms with van der Waals surface area (Å²) in [6, 6.07) is 8.23. The summed E-state index contributed by atoms with van der Waals surface area (Å²) in [5, 5.41) is 0. The molecule has 5 heteroatoms. The van der Waals surface area contributed by atoms with Crippen LogP contribution < -0.4 is 9.80 Å². The molecule has 1 fully saturated rings. The zero-order valence-electron chi connectivity index (χ0n) is 10.5. The Labute approximate surface area is 121 Å². The fourth-order valence-electron chi connectivity index (χ4n) is 2.30. The third-order valence-electron chi connectivity index (χ3n) is 3.34. The van der Waals surface area contributed by atoms with E-state index >= 15 is 0 Å². The van der Waals surface area contributed by atoms with Crippen molar-refractivity contribution >= 4 is 27.4 Å². The van der Waals surface area contributed by atoms with E-state index in [4.69, 9.17) is 0 Å². The van der Waals surface area contributed by atoms with Crippen LogP contribution in [0.15, 0.2) is 47.3 Å². The van der Waals surface area contributed by atoms with E-state index in [1.165, 1.54) is 5.69 Å². The normalized spacial score (nSPS) is 15.6. The molecule has 0 amide bonds. The van der Waals surface area contributed by atoms with Gasteiger partial charge in [0.15, 0.2) is 0 Å². The number of halogens is 1. The number of pyridine rings is 2. The predicted octanol–water partition coefficient (Wildman–Crippen LogP) is 2.57. The van der Waals surface area contributed by atoms with Gasteiger partial charge in [-0.2, -0.15) is 0 Å². The molecular formula is C14H15BrN4. The van der Waals surface area contributed by atoms with E-state index < -0.39 is 0 Å². The van der Waals surface area contributed by atoms with Crippen LogP contribution in [0.1, 0.15) is 0 Å². The monoisotopic (exact) mass is 318 g/mol. The lowest BCUT2D eigenvalue weighted by atomic mass is 10.2. The fraction of sp³-hybridized carbons (Fsp3) is 0.286. The molecule has 0 spiro atoms. The minimum absolute atomic E-state index is 0.997. The molecule has 0 bridgehead atoms. The molecule has 3 heterocycles. The molecule has 0 N–H and O–H groups in total. The quantitative estimate of drug-likeness (QED) is 0.852. The zero-order valence-corrected chi connectivity index (χ0v) is 12.1. The van der Waals surface area contributed by atoms with Crippen molar-refractivity contribution in [3.05, 3.63) is 47.3 Å². The average molecular weight is 319 g/mol. The van der Waals surface area contributed by atoms with Crippen LogP contribution in [-0.4, -0.2) is 36.1 Å². The first kappa shape index (κ1) is 12.4. The van der Waals surface area contributed by atoms with Gasteiger partial charge in [-0.15, -0.1) is 0 Å². The summed E-state index contributed by atoms with van der Waals surface area (Å²) in [4.78, 5) is 13.2. The van der Waals surface area contributed by atoms with E-state index in [0.717, 1.165) is 36.5 Å². The Hall–Kier alpha value is -1.62. The molecular weight excluding hydrogens is 304 g/mol. The minimum atomic E-state index is 0.997. The molecule has 1 aliphatic rings. The highest BCUT2D eigenvalue weighted by molar-refractivity contribution is 9.10. The number of rotatable bonds is 2. The first-order valence-corrected chi connectivity index (χ1v) is 7.14. The van der Waals surface area contributed by atoms with Gasteiger partial charge in [-0.05, 0) is 40.2 Å². The Balaban J connectivity index is 1.65. The first-order valence-electron chi connectivity index (χ1n) is 6.34. The maximum Gasteiger partial charge on any atom is 0.128 e. The van der Waals surface area contributed by atoms with Gasteiger partial charge in [0.2, 0.25) is 0 Å². The van der Waals surface area contributed by atoms with Crippen molar-refractivity contribution in [3.8, 4) is 0 Å². The SMILES string of the molecule is Brc1ccc(N2CCN(c3ccncc3)CC2)nc1. The Bertz CT molecular complexity index is 521. The summed E-state index contributed by atoms with van der Waals surface area (Å²) >= 11 is 3.41. The van der Waals surface area contributed by atoms with E-state index in [1.807, 2.05) is 24.7 Å². The zero-order chi connectivity index (χ0) is 13.1. The summed E-state index contributed by atoms with van der Waals surface area (Å²) in [6.07, 6.45) is 5.54. The molecule has 98 valence electrons. The average Bonchev–Trinajstić information content (AvgIpc) is 2.49. The van der Waals surface area contributed by atoms with Gasteiger partial charge in [0.25, 0.3) is 0 Å². The lowest BCUT2D eigenvalue weighted by molar-refractivity contribution is 0.647. The van der Waals surface area contributed by atoms with Crippen molar-refractivity contribution in [1.82, 2.24) is 9.97 Å². The van der Waals surface area contributed by atoms with Crippen LogP contribution in [0, 0.1) is 0 Å². The Morgan fingerprint density at radius 1 is 0.895 bits per heavy atom. The summed E-state index contributed by atoms with van der Waals surface area (Å²) in [5.74, 6) is 1.05. The first-order chi connectivity index (χ1) is 9.33. The van der Waals surface area contributed by atoms with Crippen molar-refractivity contribution in [2.45, 2.75) is 0 Å². The molecule has 3 rings (SSSR count). The molecule has 0 radical (unpaired) electrons. The van der Waals surface area contributed by atoms with Crippen molar-refractivity contribution in [3.63, 3.8) is 0 Å². The number of aromatic nitrogens is 2. The second-order valence-corrected chi connectivity index (χ2v) is 5.43. The van der Waals surface area contributed by atoms with Crippen molar-refractivity contribution in [1.29, 1.82) is 0 Å². The topological polar surface area (TPSA) is 32.3 Å². The number of anilines is 2. The molecule has 1 aliphatic heterocycles. The van der Waals surface area contributed by atoms with Crippen LogP contribution in [-0.2, 0) is 0 Å². The van der Waals surface area contributed by atoms with E-state index in [9.17, 15) is 0 Å². The minimum Gasteiger partial charge on any atom is -0.368 e. The Kier molecular flexibility index (Phi) is 3.64.